The van der Waals surface area contributed by atoms with Crippen molar-refractivity contribution in [2.45, 2.75) is 19.8 Å². The van der Waals surface area contributed by atoms with E-state index in [0.717, 1.165) is 35.0 Å². The molecule has 0 radical (unpaired) electrons. The lowest BCUT2D eigenvalue weighted by Crippen LogP contribution is -2.31. The van der Waals surface area contributed by atoms with Crippen LogP contribution in [0.4, 0.5) is 4.79 Å². The molecule has 148 valence electrons. The summed E-state index contributed by atoms with van der Waals surface area (Å²) in [5, 5.41) is 6.58. The van der Waals surface area contributed by atoms with E-state index in [1.54, 1.807) is 17.0 Å². The van der Waals surface area contributed by atoms with Crippen LogP contribution in [0, 0.1) is 6.92 Å². The van der Waals surface area contributed by atoms with E-state index >= 15 is 0 Å². The predicted octanol–water partition coefficient (Wildman–Crippen LogP) is 2.50. The normalized spacial score (nSPS) is 13.4. The number of nitrogens with zero attached hydrogens (tertiary/aromatic N) is 2. The van der Waals surface area contributed by atoms with Crippen LogP contribution >= 0.6 is 0 Å². The number of fused-ring (bicyclic) bond motifs is 1. The summed E-state index contributed by atoms with van der Waals surface area (Å²) < 4.78 is 6.74. The van der Waals surface area contributed by atoms with Gasteiger partial charge in [-0.05, 0) is 51.3 Å². The molecule has 0 saturated heterocycles. The molecule has 7 nitrogen and oxygen atoms in total. The van der Waals surface area contributed by atoms with Gasteiger partial charge in [-0.15, -0.1) is 0 Å². The number of hydrogen-bond acceptors (Lipinski definition) is 5. The zero-order valence-corrected chi connectivity index (χ0v) is 16.5. The lowest BCUT2D eigenvalue weighted by atomic mass is 10.1. The van der Waals surface area contributed by atoms with Gasteiger partial charge in [0.05, 0.1) is 11.1 Å². The van der Waals surface area contributed by atoms with E-state index < -0.39 is 5.97 Å². The summed E-state index contributed by atoms with van der Waals surface area (Å²) in [4.78, 5) is 26.8. The maximum absolute atomic E-state index is 12.7. The molecule has 0 saturated carbocycles. The summed E-state index contributed by atoms with van der Waals surface area (Å²) in [5.41, 5.74) is 3.62. The fraction of sp³-hybridized carbons (Fsp3) is 0.333. The number of amides is 1. The third-order valence-electron chi connectivity index (χ3n) is 4.59. The summed E-state index contributed by atoms with van der Waals surface area (Å²) in [6.45, 7) is 2.75. The van der Waals surface area contributed by atoms with Crippen molar-refractivity contribution >= 4 is 22.9 Å². The first kappa shape index (κ1) is 19.7. The Labute approximate surface area is 164 Å². The quantitative estimate of drug-likeness (QED) is 0.593. The van der Waals surface area contributed by atoms with Crippen molar-refractivity contribution in [1.29, 1.82) is 0 Å². The van der Waals surface area contributed by atoms with Crippen LogP contribution < -0.4 is 10.6 Å². The Balaban J connectivity index is 1.69. The van der Waals surface area contributed by atoms with Gasteiger partial charge in [-0.1, -0.05) is 17.7 Å². The van der Waals surface area contributed by atoms with Crippen molar-refractivity contribution < 1.29 is 14.3 Å². The number of likely N-dealkylation sites (N-methyl/N-ethyl adjacent to an activating group) is 1. The van der Waals surface area contributed by atoms with Crippen molar-refractivity contribution in [3.05, 3.63) is 59.6 Å². The molecule has 28 heavy (non-hydrogen) atoms. The van der Waals surface area contributed by atoms with Gasteiger partial charge in [0.15, 0.2) is 6.73 Å². The first-order valence-corrected chi connectivity index (χ1v) is 9.26. The maximum atomic E-state index is 12.7. The minimum Gasteiger partial charge on any atom is -0.441 e. The molecule has 0 bridgehead atoms. The number of hydrogen-bond donors (Lipinski definition) is 2. The molecule has 1 amide bonds. The summed E-state index contributed by atoms with van der Waals surface area (Å²) in [6.07, 6.45) is 8.41. The minimum atomic E-state index is -0.447. The molecule has 1 aliphatic heterocycles. The van der Waals surface area contributed by atoms with Gasteiger partial charge >= 0.3 is 12.0 Å². The van der Waals surface area contributed by atoms with Crippen LogP contribution in [0.5, 0.6) is 0 Å². The van der Waals surface area contributed by atoms with Crippen molar-refractivity contribution in [3.63, 3.8) is 0 Å². The van der Waals surface area contributed by atoms with Crippen molar-refractivity contribution in [2.75, 3.05) is 27.4 Å². The van der Waals surface area contributed by atoms with E-state index in [2.05, 4.69) is 21.6 Å². The van der Waals surface area contributed by atoms with Gasteiger partial charge in [0, 0.05) is 30.7 Å². The molecule has 7 heteroatoms. The average Bonchev–Trinajstić information content (AvgIpc) is 3.04. The van der Waals surface area contributed by atoms with Crippen LogP contribution in [0.2, 0.25) is 0 Å². The molecule has 0 aliphatic carbocycles. The van der Waals surface area contributed by atoms with Crippen LogP contribution in [0.1, 0.15) is 17.5 Å². The number of rotatable bonds is 6. The van der Waals surface area contributed by atoms with Crippen molar-refractivity contribution in [1.82, 2.24) is 20.1 Å². The van der Waals surface area contributed by atoms with E-state index in [0.29, 0.717) is 12.0 Å². The van der Waals surface area contributed by atoms with Gasteiger partial charge in [-0.2, -0.15) is 0 Å². The molecule has 1 aromatic carbocycles. The Morgan fingerprint density at radius 3 is 2.86 bits per heavy atom. The second kappa shape index (κ2) is 8.75. The molecule has 0 atom stereocenters. The Morgan fingerprint density at radius 1 is 1.32 bits per heavy atom. The Bertz CT molecular complexity index is 941. The average molecular weight is 382 g/mol. The first-order chi connectivity index (χ1) is 13.5. The number of benzene rings is 1. The van der Waals surface area contributed by atoms with Crippen LogP contribution in [-0.2, 0) is 16.0 Å². The third-order valence-corrected chi connectivity index (χ3v) is 4.59. The van der Waals surface area contributed by atoms with Crippen LogP contribution in [0.15, 0.2) is 48.4 Å². The van der Waals surface area contributed by atoms with Gasteiger partial charge < -0.3 is 20.3 Å². The van der Waals surface area contributed by atoms with Crippen LogP contribution in [0.25, 0.3) is 10.9 Å². The number of dihydropyridines is 1. The van der Waals surface area contributed by atoms with E-state index in [-0.39, 0.29) is 12.8 Å². The smallest absolute Gasteiger partial charge is 0.337 e. The highest BCUT2D eigenvalue weighted by Crippen LogP contribution is 2.23. The topological polar surface area (TPSA) is 75.6 Å². The number of esters is 1. The number of carbonyl (C=O) groups excluding carboxylic acids is 2. The molecular formula is C21H26N4O3. The molecule has 0 fully saturated rings. The molecule has 2 heterocycles. The van der Waals surface area contributed by atoms with Gasteiger partial charge in [0.1, 0.15) is 0 Å². The zero-order chi connectivity index (χ0) is 20.1. The van der Waals surface area contributed by atoms with E-state index in [4.69, 9.17) is 4.74 Å². The first-order valence-electron chi connectivity index (χ1n) is 9.26. The molecular weight excluding hydrogens is 356 g/mol. The highest BCUT2D eigenvalue weighted by Gasteiger charge is 2.15. The predicted molar refractivity (Wildman–Crippen MR) is 109 cm³/mol. The maximum Gasteiger partial charge on any atom is 0.337 e. The van der Waals surface area contributed by atoms with E-state index in [1.807, 2.05) is 45.4 Å². The van der Waals surface area contributed by atoms with Crippen LogP contribution in [0.3, 0.4) is 0 Å². The highest BCUT2D eigenvalue weighted by molar-refractivity contribution is 5.94. The summed E-state index contributed by atoms with van der Waals surface area (Å²) in [5.74, 6) is -0.447. The van der Waals surface area contributed by atoms with Crippen LogP contribution in [-0.4, -0.2) is 48.8 Å². The summed E-state index contributed by atoms with van der Waals surface area (Å²) >= 11 is 0. The Hall–Kier alpha value is -3.06. The van der Waals surface area contributed by atoms with Gasteiger partial charge in [0.25, 0.3) is 0 Å². The standard InChI is InChI=1S/C21H26N4O3/c1-15-6-7-19-18(11-15)17(8-10-24(2)3)13-25(19)21(27)23-14-28-20(26)16-5-4-9-22-12-16/h4,6-7,9,11-13,22H,5,8,10,14H2,1-3H3,(H,23,27). The zero-order valence-electron chi connectivity index (χ0n) is 16.5. The van der Waals surface area contributed by atoms with E-state index in [1.165, 1.54) is 0 Å². The summed E-state index contributed by atoms with van der Waals surface area (Å²) in [7, 11) is 4.05. The van der Waals surface area contributed by atoms with Crippen molar-refractivity contribution in [3.8, 4) is 0 Å². The number of nitrogens with one attached hydrogen (secondary N) is 2. The van der Waals surface area contributed by atoms with Gasteiger partial charge in [-0.25, -0.2) is 9.59 Å². The number of ether oxygens (including phenoxy) is 1. The molecule has 1 aromatic heterocycles. The number of carbonyl (C=O) groups is 2. The number of aryl methyl sites for hydroxylation is 1. The fourth-order valence-electron chi connectivity index (χ4n) is 3.07. The molecule has 3 rings (SSSR count). The van der Waals surface area contributed by atoms with E-state index in [9.17, 15) is 9.59 Å². The number of aromatic nitrogens is 1. The highest BCUT2D eigenvalue weighted by atomic mass is 16.5. The number of allylic oxidation sites excluding steroid dienone is 1. The molecule has 1 aliphatic rings. The molecule has 2 aromatic rings. The van der Waals surface area contributed by atoms with Gasteiger partial charge in [-0.3, -0.25) is 4.57 Å². The molecule has 0 unspecified atom stereocenters. The lowest BCUT2D eigenvalue weighted by molar-refractivity contribution is -0.139. The third kappa shape index (κ3) is 4.61. The molecule has 0 spiro atoms. The van der Waals surface area contributed by atoms with Gasteiger partial charge in [0.2, 0.25) is 0 Å². The largest absolute Gasteiger partial charge is 0.441 e. The Kier molecular flexibility index (Phi) is 6.16. The fourth-order valence-corrected chi connectivity index (χ4v) is 3.07. The molecule has 2 N–H and O–H groups in total. The second-order valence-corrected chi connectivity index (χ2v) is 7.10. The second-order valence-electron chi connectivity index (χ2n) is 7.10. The SMILES string of the molecule is Cc1ccc2c(c1)c(CCN(C)C)cn2C(=O)NCOC(=O)C1=CNC=CC1. The lowest BCUT2D eigenvalue weighted by Gasteiger charge is -2.11. The Morgan fingerprint density at radius 2 is 2.14 bits per heavy atom. The minimum absolute atomic E-state index is 0.183. The summed E-state index contributed by atoms with van der Waals surface area (Å²) in [6, 6.07) is 5.70. The van der Waals surface area contributed by atoms with Crippen molar-refractivity contribution in [2.24, 2.45) is 0 Å². The monoisotopic (exact) mass is 382 g/mol.